The summed E-state index contributed by atoms with van der Waals surface area (Å²) in [6.45, 7) is 4.46. The van der Waals surface area contributed by atoms with Crippen molar-refractivity contribution < 1.29 is 32.9 Å². The van der Waals surface area contributed by atoms with E-state index >= 15 is 0 Å². The van der Waals surface area contributed by atoms with Crippen molar-refractivity contribution in [3.63, 3.8) is 0 Å². The van der Waals surface area contributed by atoms with Crippen molar-refractivity contribution in [1.29, 1.82) is 0 Å². The molecule has 0 fully saturated rings. The molecule has 3 unspecified atom stereocenters. The van der Waals surface area contributed by atoms with E-state index in [0.717, 1.165) is 70.6 Å². The number of phosphoric acid groups is 1. The first-order valence-electron chi connectivity index (χ1n) is 27.2. The summed E-state index contributed by atoms with van der Waals surface area (Å²) in [4.78, 5) is 25.4. The van der Waals surface area contributed by atoms with Gasteiger partial charge < -0.3 is 28.8 Å². The summed E-state index contributed by atoms with van der Waals surface area (Å²) >= 11 is 0. The summed E-state index contributed by atoms with van der Waals surface area (Å²) in [7, 11) is 1.19. The molecular formula is C59H103N2O6P. The van der Waals surface area contributed by atoms with Crippen molar-refractivity contribution in [3.05, 3.63) is 109 Å². The quantitative estimate of drug-likeness (QED) is 0.0272. The number of carbonyl (C=O) groups excluding carboxylic acids is 1. The van der Waals surface area contributed by atoms with Crippen LogP contribution in [0, 0.1) is 0 Å². The summed E-state index contributed by atoms with van der Waals surface area (Å²) in [5.74, 6) is -0.257. The van der Waals surface area contributed by atoms with Gasteiger partial charge >= 0.3 is 0 Å². The number of aliphatic hydroxyl groups excluding tert-OH is 1. The number of hydrogen-bond donors (Lipinski definition) is 2. The summed E-state index contributed by atoms with van der Waals surface area (Å²) in [6.07, 6.45) is 71.7. The third-order valence-corrected chi connectivity index (χ3v) is 12.4. The van der Waals surface area contributed by atoms with Gasteiger partial charge in [0.25, 0.3) is 7.82 Å². The Morgan fingerprint density at radius 2 is 0.912 bits per heavy atom. The van der Waals surface area contributed by atoms with Crippen LogP contribution in [-0.2, 0) is 18.4 Å². The highest BCUT2D eigenvalue weighted by Crippen LogP contribution is 2.38. The van der Waals surface area contributed by atoms with Crippen molar-refractivity contribution >= 4 is 13.7 Å². The Balaban J connectivity index is 4.45. The van der Waals surface area contributed by atoms with Crippen LogP contribution in [0.5, 0.6) is 0 Å². The standard InChI is InChI=1S/C59H103N2O6P/c1-6-8-10-12-14-16-18-20-22-24-26-28-29-30-31-33-34-36-38-40-42-44-46-48-50-52-58(62)57(56-67-68(64,65)66-55-54-61(3,4)5)60-59(63)53-51-49-47-45-43-41-39-37-35-32-27-25-23-21-19-17-15-13-11-9-7-2/h9,11,15,17,21,23,27,32,34,36-37,39,42-45,50,52,57-58,62H,6-8,10,12-14,16,18-20,22,24-26,28-31,33,35,38,40-41,46-49,51,53-56H2,1-5H3,(H-,60,63,64,65)/b11-9-,17-15-,23-21-,32-27-,36-34+,39-37-,44-42+,45-43-,52-50+. The zero-order valence-corrected chi connectivity index (χ0v) is 45.2. The number of nitrogens with one attached hydrogen (secondary N) is 1. The van der Waals surface area contributed by atoms with Crippen LogP contribution in [0.4, 0.5) is 0 Å². The van der Waals surface area contributed by atoms with Crippen LogP contribution in [0.1, 0.15) is 206 Å². The molecule has 8 nitrogen and oxygen atoms in total. The molecule has 3 atom stereocenters. The van der Waals surface area contributed by atoms with E-state index < -0.39 is 26.6 Å². The number of hydrogen-bond acceptors (Lipinski definition) is 6. The summed E-state index contributed by atoms with van der Waals surface area (Å²) < 4.78 is 23.3. The van der Waals surface area contributed by atoms with E-state index in [0.29, 0.717) is 23.9 Å². The maximum atomic E-state index is 12.9. The topological polar surface area (TPSA) is 108 Å². The molecule has 0 aromatic rings. The van der Waals surface area contributed by atoms with Gasteiger partial charge in [0.15, 0.2) is 0 Å². The summed E-state index contributed by atoms with van der Waals surface area (Å²) in [6, 6.07) is -0.942. The molecule has 0 aliphatic carbocycles. The maximum Gasteiger partial charge on any atom is 0.268 e. The molecule has 2 N–H and O–H groups in total. The molecule has 0 heterocycles. The minimum atomic E-state index is -4.63. The number of aliphatic hydroxyl groups is 1. The average molecular weight is 967 g/mol. The van der Waals surface area contributed by atoms with E-state index in [-0.39, 0.29) is 18.9 Å². The lowest BCUT2D eigenvalue weighted by molar-refractivity contribution is -0.870. The first-order valence-corrected chi connectivity index (χ1v) is 28.7. The smallest absolute Gasteiger partial charge is 0.268 e. The molecule has 0 radical (unpaired) electrons. The third kappa shape index (κ3) is 51.0. The van der Waals surface area contributed by atoms with Gasteiger partial charge in [-0.05, 0) is 96.3 Å². The number of amides is 1. The Hall–Kier alpha value is -2.84. The van der Waals surface area contributed by atoms with E-state index in [1.165, 1.54) is 103 Å². The Bertz CT molecular complexity index is 1470. The molecule has 0 aromatic heterocycles. The fraction of sp³-hybridized carbons (Fsp3) is 0.678. The number of nitrogens with zero attached hydrogens (tertiary/aromatic N) is 1. The van der Waals surface area contributed by atoms with E-state index in [2.05, 4.69) is 116 Å². The highest BCUT2D eigenvalue weighted by Gasteiger charge is 2.23. The van der Waals surface area contributed by atoms with Gasteiger partial charge in [-0.3, -0.25) is 9.36 Å². The zero-order valence-electron chi connectivity index (χ0n) is 44.3. The van der Waals surface area contributed by atoms with Crippen molar-refractivity contribution in [2.24, 2.45) is 0 Å². The van der Waals surface area contributed by atoms with E-state index in [1.807, 2.05) is 27.2 Å². The van der Waals surface area contributed by atoms with Crippen LogP contribution in [0.2, 0.25) is 0 Å². The Kier molecular flexibility index (Phi) is 47.1. The molecule has 0 saturated heterocycles. The van der Waals surface area contributed by atoms with Crippen LogP contribution in [0.25, 0.3) is 0 Å². The van der Waals surface area contributed by atoms with Crippen molar-refractivity contribution in [3.8, 4) is 0 Å². The molecule has 0 spiro atoms. The fourth-order valence-corrected chi connectivity index (χ4v) is 7.91. The monoisotopic (exact) mass is 967 g/mol. The molecule has 390 valence electrons. The predicted molar refractivity (Wildman–Crippen MR) is 292 cm³/mol. The maximum absolute atomic E-state index is 12.9. The molecule has 0 bridgehead atoms. The molecule has 1 amide bonds. The molecule has 9 heteroatoms. The Morgan fingerprint density at radius 3 is 1.37 bits per heavy atom. The second-order valence-electron chi connectivity index (χ2n) is 19.2. The number of rotatable bonds is 48. The van der Waals surface area contributed by atoms with Crippen molar-refractivity contribution in [2.45, 2.75) is 219 Å². The summed E-state index contributed by atoms with van der Waals surface area (Å²) in [5, 5.41) is 13.8. The van der Waals surface area contributed by atoms with Crippen LogP contribution in [-0.4, -0.2) is 68.5 Å². The highest BCUT2D eigenvalue weighted by atomic mass is 31.2. The van der Waals surface area contributed by atoms with Gasteiger partial charge in [0, 0.05) is 6.42 Å². The van der Waals surface area contributed by atoms with Crippen molar-refractivity contribution in [1.82, 2.24) is 5.32 Å². The lowest BCUT2D eigenvalue weighted by Crippen LogP contribution is -2.45. The number of carbonyl (C=O) groups is 1. The first kappa shape index (κ1) is 65.2. The van der Waals surface area contributed by atoms with E-state index in [9.17, 15) is 19.4 Å². The van der Waals surface area contributed by atoms with E-state index in [4.69, 9.17) is 9.05 Å². The predicted octanol–water partition coefficient (Wildman–Crippen LogP) is 15.8. The number of quaternary nitrogens is 1. The molecule has 0 saturated carbocycles. The number of allylic oxidation sites excluding steroid dienone is 17. The SMILES string of the molecule is CC/C=C\C/C=C\C/C=C\C/C=C\C/C=C\C/C=C\CCCCC(=O)NC(COP(=O)([O-])OCC[N+](C)(C)C)C(O)/C=C/CC/C=C/CC/C=C/CCCCCCCCCCCCCCCCC. The lowest BCUT2D eigenvalue weighted by Gasteiger charge is -2.29. The molecular weight excluding hydrogens is 864 g/mol. The third-order valence-electron chi connectivity index (χ3n) is 11.4. The second-order valence-corrected chi connectivity index (χ2v) is 20.6. The molecule has 0 aromatic carbocycles. The van der Waals surface area contributed by atoms with Crippen LogP contribution < -0.4 is 10.2 Å². The minimum absolute atomic E-state index is 0.0239. The molecule has 0 aliphatic heterocycles. The fourth-order valence-electron chi connectivity index (χ4n) is 7.19. The van der Waals surface area contributed by atoms with Crippen LogP contribution in [0.15, 0.2) is 109 Å². The number of phosphoric ester groups is 1. The summed E-state index contributed by atoms with van der Waals surface area (Å²) in [5.41, 5.74) is 0. The molecule has 68 heavy (non-hydrogen) atoms. The zero-order chi connectivity index (χ0) is 49.9. The molecule has 0 aliphatic rings. The number of unbranched alkanes of at least 4 members (excludes halogenated alkanes) is 19. The Labute approximate surface area is 419 Å². The van der Waals surface area contributed by atoms with Crippen LogP contribution in [0.3, 0.4) is 0 Å². The normalized spacial score (nSPS) is 14.9. The van der Waals surface area contributed by atoms with Gasteiger partial charge in [-0.2, -0.15) is 0 Å². The average Bonchev–Trinajstić information content (AvgIpc) is 3.30. The van der Waals surface area contributed by atoms with Gasteiger partial charge in [0.2, 0.25) is 5.91 Å². The van der Waals surface area contributed by atoms with Gasteiger partial charge in [0.05, 0.1) is 39.9 Å². The minimum Gasteiger partial charge on any atom is -0.756 e. The van der Waals surface area contributed by atoms with Gasteiger partial charge in [0.1, 0.15) is 13.2 Å². The number of likely N-dealkylation sites (N-methyl/N-ethyl adjacent to an activating group) is 1. The van der Waals surface area contributed by atoms with Crippen molar-refractivity contribution in [2.75, 3.05) is 40.9 Å². The lowest BCUT2D eigenvalue weighted by atomic mass is 10.0. The largest absolute Gasteiger partial charge is 0.756 e. The van der Waals surface area contributed by atoms with Crippen LogP contribution >= 0.6 is 7.82 Å². The second kappa shape index (κ2) is 49.2. The van der Waals surface area contributed by atoms with Gasteiger partial charge in [-0.1, -0.05) is 213 Å². The Morgan fingerprint density at radius 1 is 0.529 bits per heavy atom. The van der Waals surface area contributed by atoms with Gasteiger partial charge in [-0.25, -0.2) is 0 Å². The molecule has 0 rings (SSSR count). The highest BCUT2D eigenvalue weighted by molar-refractivity contribution is 7.45. The van der Waals surface area contributed by atoms with Gasteiger partial charge in [-0.15, -0.1) is 0 Å². The van der Waals surface area contributed by atoms with E-state index in [1.54, 1.807) is 6.08 Å². The first-order chi connectivity index (χ1) is 33.0.